The van der Waals surface area contributed by atoms with Gasteiger partial charge in [-0.2, -0.15) is 13.2 Å². The Kier molecular flexibility index (Phi) is 6.36. The van der Waals surface area contributed by atoms with Crippen LogP contribution in [0, 0.1) is 0 Å². The number of aryl methyl sites for hydroxylation is 1. The van der Waals surface area contributed by atoms with Crippen LogP contribution in [0.3, 0.4) is 0 Å². The van der Waals surface area contributed by atoms with E-state index in [1.54, 1.807) is 12.5 Å². The molecule has 0 radical (unpaired) electrons. The summed E-state index contributed by atoms with van der Waals surface area (Å²) in [5.74, 6) is 0. The maximum absolute atomic E-state index is 12.7. The normalized spacial score (nSPS) is 12.4. The predicted octanol–water partition coefficient (Wildman–Crippen LogP) is 3.06. The van der Waals surface area contributed by atoms with Gasteiger partial charge in [-0.05, 0) is 30.5 Å². The van der Waals surface area contributed by atoms with E-state index in [1.165, 1.54) is 12.1 Å². The minimum atomic E-state index is -4.35. The van der Waals surface area contributed by atoms with Crippen molar-refractivity contribution in [2.24, 2.45) is 10.9 Å². The van der Waals surface area contributed by atoms with Crippen LogP contribution in [0.25, 0.3) is 0 Å². The zero-order valence-electron chi connectivity index (χ0n) is 13.0. The van der Waals surface area contributed by atoms with Crippen molar-refractivity contribution in [2.45, 2.75) is 25.6 Å². The number of hydrogen-bond acceptors (Lipinski definition) is 4. The third-order valence-corrected chi connectivity index (χ3v) is 3.32. The van der Waals surface area contributed by atoms with Gasteiger partial charge in [-0.3, -0.25) is 0 Å². The second kappa shape index (κ2) is 8.49. The maximum atomic E-state index is 12.7. The Bertz CT molecular complexity index is 636. The summed E-state index contributed by atoms with van der Waals surface area (Å²) in [5.41, 5.74) is 5.87. The van der Waals surface area contributed by atoms with Gasteiger partial charge < -0.3 is 15.1 Å². The van der Waals surface area contributed by atoms with Crippen LogP contribution in [0.5, 0.6) is 0 Å². The molecule has 2 N–H and O–H groups in total. The third kappa shape index (κ3) is 5.38. The van der Waals surface area contributed by atoms with Gasteiger partial charge >= 0.3 is 6.18 Å². The highest BCUT2D eigenvalue weighted by atomic mass is 19.4. The number of halogens is 3. The summed E-state index contributed by atoms with van der Waals surface area (Å²) >= 11 is 0. The Labute approximate surface area is 137 Å². The first-order chi connectivity index (χ1) is 11.5. The zero-order valence-corrected chi connectivity index (χ0v) is 13.0. The fraction of sp³-hybridized carbons (Fsp3) is 0.375. The van der Waals surface area contributed by atoms with Crippen molar-refractivity contribution in [3.8, 4) is 0 Å². The summed E-state index contributed by atoms with van der Waals surface area (Å²) in [7, 11) is 0. The van der Waals surface area contributed by atoms with Gasteiger partial charge in [0.05, 0.1) is 17.6 Å². The molecule has 0 aliphatic carbocycles. The summed E-state index contributed by atoms with van der Waals surface area (Å²) in [6.07, 6.45) is 2.21. The molecule has 0 bridgehead atoms. The van der Waals surface area contributed by atoms with Gasteiger partial charge in [0.25, 0.3) is 0 Å². The van der Waals surface area contributed by atoms with Crippen molar-refractivity contribution in [1.29, 1.82) is 0 Å². The average molecular weight is 340 g/mol. The molecule has 0 unspecified atom stereocenters. The van der Waals surface area contributed by atoms with E-state index in [-0.39, 0.29) is 6.61 Å². The smallest absolute Gasteiger partial charge is 0.394 e. The van der Waals surface area contributed by atoms with Gasteiger partial charge in [0.15, 0.2) is 0 Å². The first kappa shape index (κ1) is 18.0. The highest BCUT2D eigenvalue weighted by molar-refractivity contribution is 6.00. The number of nitrogens with zero attached hydrogens (tertiary/aromatic N) is 3. The Morgan fingerprint density at radius 1 is 1.25 bits per heavy atom. The molecule has 0 spiro atoms. The van der Waals surface area contributed by atoms with E-state index in [0.29, 0.717) is 24.2 Å². The molecule has 0 fully saturated rings. The van der Waals surface area contributed by atoms with Crippen LogP contribution in [0.4, 0.5) is 13.2 Å². The first-order valence-corrected chi connectivity index (χ1v) is 7.53. The molecule has 1 aromatic carbocycles. The molecular formula is C16H19F3N4O. The lowest BCUT2D eigenvalue weighted by Gasteiger charge is -2.10. The monoisotopic (exact) mass is 340 g/mol. The molecule has 0 saturated heterocycles. The lowest BCUT2D eigenvalue weighted by atomic mass is 10.0. The van der Waals surface area contributed by atoms with Gasteiger partial charge in [0.2, 0.25) is 0 Å². The molecule has 8 heteroatoms. The Morgan fingerprint density at radius 3 is 2.58 bits per heavy atom. The number of nitrogens with two attached hydrogens (primary N) is 1. The third-order valence-electron chi connectivity index (χ3n) is 3.32. The molecule has 2 rings (SSSR count). The molecular weight excluding hydrogens is 321 g/mol. The van der Waals surface area contributed by atoms with Crippen molar-refractivity contribution in [2.75, 3.05) is 13.2 Å². The molecule has 1 aromatic heterocycles. The first-order valence-electron chi connectivity index (χ1n) is 7.53. The van der Waals surface area contributed by atoms with E-state index in [4.69, 9.17) is 10.6 Å². The topological polar surface area (TPSA) is 65.4 Å². The highest BCUT2D eigenvalue weighted by Crippen LogP contribution is 2.29. The SMILES string of the molecule is NCCON=C(CCCn1ccnc1)c1ccc(C(F)(F)F)cc1. The number of aromatic nitrogens is 2. The zero-order chi connectivity index (χ0) is 17.4. The molecule has 0 saturated carbocycles. The number of alkyl halides is 3. The molecule has 5 nitrogen and oxygen atoms in total. The fourth-order valence-corrected chi connectivity index (χ4v) is 2.12. The van der Waals surface area contributed by atoms with E-state index in [0.717, 1.165) is 25.1 Å². The van der Waals surface area contributed by atoms with Gasteiger partial charge in [-0.1, -0.05) is 17.3 Å². The lowest BCUT2D eigenvalue weighted by molar-refractivity contribution is -0.137. The second-order valence-corrected chi connectivity index (χ2v) is 5.14. The van der Waals surface area contributed by atoms with Crippen LogP contribution >= 0.6 is 0 Å². The van der Waals surface area contributed by atoms with Crippen LogP contribution in [-0.4, -0.2) is 28.4 Å². The summed E-state index contributed by atoms with van der Waals surface area (Å²) < 4.78 is 39.9. The lowest BCUT2D eigenvalue weighted by Crippen LogP contribution is -2.10. The summed E-state index contributed by atoms with van der Waals surface area (Å²) in [5, 5.41) is 4.02. The number of rotatable bonds is 8. The van der Waals surface area contributed by atoms with Crippen molar-refractivity contribution < 1.29 is 18.0 Å². The molecule has 130 valence electrons. The maximum Gasteiger partial charge on any atom is 0.416 e. The van der Waals surface area contributed by atoms with E-state index >= 15 is 0 Å². The van der Waals surface area contributed by atoms with Crippen LogP contribution in [-0.2, 0) is 17.6 Å². The van der Waals surface area contributed by atoms with Crippen molar-refractivity contribution >= 4 is 5.71 Å². The predicted molar refractivity (Wildman–Crippen MR) is 84.4 cm³/mol. The van der Waals surface area contributed by atoms with Crippen LogP contribution < -0.4 is 5.73 Å². The van der Waals surface area contributed by atoms with Crippen LogP contribution in [0.1, 0.15) is 24.0 Å². The summed E-state index contributed by atoms with van der Waals surface area (Å²) in [6.45, 7) is 1.31. The Hall–Kier alpha value is -2.35. The Balaban J connectivity index is 2.05. The molecule has 0 aliphatic rings. The van der Waals surface area contributed by atoms with Crippen molar-refractivity contribution in [1.82, 2.24) is 9.55 Å². The van der Waals surface area contributed by atoms with Crippen LogP contribution in [0.15, 0.2) is 48.1 Å². The summed E-state index contributed by atoms with van der Waals surface area (Å²) in [4.78, 5) is 9.07. The number of hydrogen-bond donors (Lipinski definition) is 1. The fourth-order valence-electron chi connectivity index (χ4n) is 2.12. The number of oxime groups is 1. The van der Waals surface area contributed by atoms with Gasteiger partial charge in [0.1, 0.15) is 6.61 Å². The number of benzene rings is 1. The average Bonchev–Trinajstić information content (AvgIpc) is 3.06. The summed E-state index contributed by atoms with van der Waals surface area (Å²) in [6, 6.07) is 4.91. The molecule has 2 aromatic rings. The van der Waals surface area contributed by atoms with Gasteiger partial charge in [-0.25, -0.2) is 4.98 Å². The van der Waals surface area contributed by atoms with Crippen molar-refractivity contribution in [3.05, 3.63) is 54.1 Å². The van der Waals surface area contributed by atoms with E-state index in [1.807, 2.05) is 10.8 Å². The van der Waals surface area contributed by atoms with Gasteiger partial charge in [0, 0.05) is 25.5 Å². The quantitative estimate of drug-likeness (QED) is 0.456. The molecule has 1 heterocycles. The van der Waals surface area contributed by atoms with Gasteiger partial charge in [-0.15, -0.1) is 0 Å². The standard InChI is InChI=1S/C16H19F3N4O/c17-16(18,19)14-5-3-13(4-6-14)15(22-24-11-7-20)2-1-9-23-10-8-21-12-23/h3-6,8,10,12H,1-2,7,9,11,20H2. The second-order valence-electron chi connectivity index (χ2n) is 5.14. The molecule has 24 heavy (non-hydrogen) atoms. The minimum absolute atomic E-state index is 0.256. The molecule has 0 aliphatic heterocycles. The number of imidazole rings is 1. The van der Waals surface area contributed by atoms with Crippen molar-refractivity contribution in [3.63, 3.8) is 0 Å². The van der Waals surface area contributed by atoms with E-state index in [9.17, 15) is 13.2 Å². The molecule has 0 atom stereocenters. The largest absolute Gasteiger partial charge is 0.416 e. The van der Waals surface area contributed by atoms with Crippen LogP contribution in [0.2, 0.25) is 0 Å². The van der Waals surface area contributed by atoms with E-state index < -0.39 is 11.7 Å². The Morgan fingerprint density at radius 2 is 2.00 bits per heavy atom. The highest BCUT2D eigenvalue weighted by Gasteiger charge is 2.30. The van der Waals surface area contributed by atoms with E-state index in [2.05, 4.69) is 10.1 Å². The minimum Gasteiger partial charge on any atom is -0.394 e. The molecule has 0 amide bonds.